The van der Waals surface area contributed by atoms with Crippen LogP contribution in [0, 0.1) is 0 Å². The first-order chi connectivity index (χ1) is 14.7. The summed E-state index contributed by atoms with van der Waals surface area (Å²) >= 11 is 0. The second-order valence-electron chi connectivity index (χ2n) is 8.72. The van der Waals surface area contributed by atoms with E-state index >= 15 is 0 Å². The molecule has 0 aliphatic carbocycles. The van der Waals surface area contributed by atoms with E-state index in [1.54, 1.807) is 26.0 Å². The van der Waals surface area contributed by atoms with Gasteiger partial charge in [-0.05, 0) is 56.0 Å². The molecule has 2 N–H and O–H groups in total. The Balaban J connectivity index is 0.00000512. The number of amides is 1. The van der Waals surface area contributed by atoms with Crippen molar-refractivity contribution in [1.29, 1.82) is 0 Å². The smallest absolute Gasteiger partial charge is 0.253 e. The number of nitrogens with one attached hydrogen (secondary N) is 2. The van der Waals surface area contributed by atoms with E-state index < -0.39 is 0 Å². The van der Waals surface area contributed by atoms with E-state index in [2.05, 4.69) is 60.7 Å². The summed E-state index contributed by atoms with van der Waals surface area (Å²) in [6.45, 7) is 8.17. The molecular weight excluding hydrogens is 515 g/mol. The minimum absolute atomic E-state index is 0. The van der Waals surface area contributed by atoms with Gasteiger partial charge in [-0.15, -0.1) is 24.0 Å². The van der Waals surface area contributed by atoms with Gasteiger partial charge in [0.25, 0.3) is 5.91 Å². The number of aliphatic imine (C=N–C) groups is 1. The number of ether oxygens (including phenoxy) is 1. The Bertz CT molecular complexity index is 892. The summed E-state index contributed by atoms with van der Waals surface area (Å²) in [5.74, 6) is 0.763. The molecule has 0 fully saturated rings. The van der Waals surface area contributed by atoms with Crippen LogP contribution in [0.5, 0.6) is 0 Å². The Labute approximate surface area is 209 Å². The van der Waals surface area contributed by atoms with Gasteiger partial charge in [-0.2, -0.15) is 0 Å². The third kappa shape index (κ3) is 9.99. The summed E-state index contributed by atoms with van der Waals surface area (Å²) < 4.78 is 5.87. The molecule has 2 aromatic carbocycles. The predicted octanol–water partition coefficient (Wildman–Crippen LogP) is 4.23. The van der Waals surface area contributed by atoms with Gasteiger partial charge in [-0.1, -0.05) is 36.4 Å². The molecule has 0 saturated heterocycles. The molecule has 0 saturated carbocycles. The molecule has 0 aliphatic rings. The van der Waals surface area contributed by atoms with Crippen LogP contribution in [0.3, 0.4) is 0 Å². The molecule has 32 heavy (non-hydrogen) atoms. The van der Waals surface area contributed by atoms with E-state index in [-0.39, 0.29) is 35.5 Å². The van der Waals surface area contributed by atoms with Crippen LogP contribution in [0.25, 0.3) is 0 Å². The van der Waals surface area contributed by atoms with Crippen LogP contribution in [0.15, 0.2) is 53.5 Å². The van der Waals surface area contributed by atoms with E-state index in [9.17, 15) is 4.79 Å². The molecule has 1 amide bonds. The Hall–Kier alpha value is -2.13. The predicted molar refractivity (Wildman–Crippen MR) is 143 cm³/mol. The Morgan fingerprint density at radius 1 is 1.00 bits per heavy atom. The van der Waals surface area contributed by atoms with Gasteiger partial charge in [0.2, 0.25) is 0 Å². The minimum atomic E-state index is -0.153. The van der Waals surface area contributed by atoms with Crippen molar-refractivity contribution in [3.63, 3.8) is 0 Å². The molecule has 0 bridgehead atoms. The number of benzene rings is 2. The number of carbonyl (C=O) groups is 1. The number of hydrogen-bond acceptors (Lipinski definition) is 3. The summed E-state index contributed by atoms with van der Waals surface area (Å²) in [6, 6.07) is 16.1. The Morgan fingerprint density at radius 3 is 2.31 bits per heavy atom. The molecule has 0 radical (unpaired) electrons. The third-order valence-electron chi connectivity index (χ3n) is 4.63. The van der Waals surface area contributed by atoms with Crippen LogP contribution in [0.1, 0.15) is 47.8 Å². The molecule has 2 aromatic rings. The molecule has 6 nitrogen and oxygen atoms in total. The zero-order chi connectivity index (χ0) is 22.9. The van der Waals surface area contributed by atoms with Crippen LogP contribution in [-0.4, -0.2) is 50.1 Å². The molecule has 0 aliphatic heterocycles. The summed E-state index contributed by atoms with van der Waals surface area (Å²) in [5.41, 5.74) is 4.00. The maximum absolute atomic E-state index is 12.1. The quantitative estimate of drug-likeness (QED) is 0.293. The second kappa shape index (κ2) is 13.4. The van der Waals surface area contributed by atoms with Crippen LogP contribution in [0.2, 0.25) is 0 Å². The lowest BCUT2D eigenvalue weighted by molar-refractivity contribution is -0.0149. The number of guanidine groups is 1. The fourth-order valence-electron chi connectivity index (χ4n) is 2.98. The molecule has 7 heteroatoms. The van der Waals surface area contributed by atoms with Crippen molar-refractivity contribution >= 4 is 35.8 Å². The summed E-state index contributed by atoms with van der Waals surface area (Å²) in [6.07, 6.45) is 0.800. The molecule has 176 valence electrons. The number of carbonyl (C=O) groups excluding carboxylic acids is 1. The van der Waals surface area contributed by atoms with Crippen molar-refractivity contribution in [3.05, 3.63) is 70.8 Å². The van der Waals surface area contributed by atoms with Gasteiger partial charge in [0.05, 0.1) is 12.2 Å². The highest BCUT2D eigenvalue weighted by molar-refractivity contribution is 14.0. The number of nitrogens with zero attached hydrogens (tertiary/aromatic N) is 2. The zero-order valence-corrected chi connectivity index (χ0v) is 22.4. The maximum Gasteiger partial charge on any atom is 0.253 e. The third-order valence-corrected chi connectivity index (χ3v) is 4.63. The topological polar surface area (TPSA) is 66.0 Å². The molecule has 0 heterocycles. The highest BCUT2D eigenvalue weighted by Crippen LogP contribution is 2.13. The summed E-state index contributed by atoms with van der Waals surface area (Å²) in [7, 11) is 5.29. The fraction of sp³-hybridized carbons (Fsp3) is 0.440. The SMILES string of the molecule is CN=C(NCCc1cccc(C(=O)N(C)C)c1)NCc1cccc(COC(C)(C)C)c1.I. The van der Waals surface area contributed by atoms with Crippen molar-refractivity contribution in [2.24, 2.45) is 4.99 Å². The minimum Gasteiger partial charge on any atom is -0.371 e. The zero-order valence-electron chi connectivity index (χ0n) is 20.1. The standard InChI is InChI=1S/C25H36N4O2.HI/c1-25(2,3)31-18-21-11-7-10-20(15-21)17-28-24(26-4)27-14-13-19-9-8-12-22(16-19)23(30)29(5)6;/h7-12,15-16H,13-14,17-18H2,1-6H3,(H2,26,27,28);1H. The maximum atomic E-state index is 12.1. The second-order valence-corrected chi connectivity index (χ2v) is 8.72. The first-order valence-corrected chi connectivity index (χ1v) is 10.6. The van der Waals surface area contributed by atoms with Crippen molar-refractivity contribution in [2.45, 2.75) is 45.9 Å². The molecule has 0 atom stereocenters. The van der Waals surface area contributed by atoms with Crippen LogP contribution < -0.4 is 10.6 Å². The lowest BCUT2D eigenvalue weighted by Crippen LogP contribution is -2.37. The van der Waals surface area contributed by atoms with Gasteiger partial charge in [0.15, 0.2) is 5.96 Å². The molecule has 2 rings (SSSR count). The number of hydrogen-bond donors (Lipinski definition) is 2. The number of rotatable bonds is 8. The summed E-state index contributed by atoms with van der Waals surface area (Å²) in [4.78, 5) is 18.0. The Morgan fingerprint density at radius 2 is 1.66 bits per heavy atom. The molecular formula is C25H37IN4O2. The van der Waals surface area contributed by atoms with Crippen molar-refractivity contribution < 1.29 is 9.53 Å². The lowest BCUT2D eigenvalue weighted by atomic mass is 10.1. The van der Waals surface area contributed by atoms with Gasteiger partial charge in [0.1, 0.15) is 0 Å². The van der Waals surface area contributed by atoms with Crippen LogP contribution in [-0.2, 0) is 24.3 Å². The highest BCUT2D eigenvalue weighted by Gasteiger charge is 2.10. The van der Waals surface area contributed by atoms with Gasteiger partial charge < -0.3 is 20.3 Å². The van der Waals surface area contributed by atoms with Crippen LogP contribution >= 0.6 is 24.0 Å². The average molecular weight is 553 g/mol. The van der Waals surface area contributed by atoms with E-state index in [1.807, 2.05) is 24.3 Å². The average Bonchev–Trinajstić information content (AvgIpc) is 2.74. The molecule has 0 aromatic heterocycles. The van der Waals surface area contributed by atoms with Crippen molar-refractivity contribution in [2.75, 3.05) is 27.7 Å². The van der Waals surface area contributed by atoms with E-state index in [1.165, 1.54) is 5.56 Å². The van der Waals surface area contributed by atoms with Crippen LogP contribution in [0.4, 0.5) is 0 Å². The molecule has 0 unspecified atom stereocenters. The summed E-state index contributed by atoms with van der Waals surface area (Å²) in [5, 5.41) is 6.69. The normalized spacial score (nSPS) is 11.5. The van der Waals surface area contributed by atoms with Gasteiger partial charge in [-0.3, -0.25) is 9.79 Å². The van der Waals surface area contributed by atoms with Crippen molar-refractivity contribution in [1.82, 2.24) is 15.5 Å². The van der Waals surface area contributed by atoms with E-state index in [0.29, 0.717) is 18.7 Å². The van der Waals surface area contributed by atoms with E-state index in [0.717, 1.165) is 30.1 Å². The first kappa shape index (κ1) is 27.9. The Kier molecular flexibility index (Phi) is 11.7. The largest absolute Gasteiger partial charge is 0.371 e. The van der Waals surface area contributed by atoms with Gasteiger partial charge >= 0.3 is 0 Å². The molecule has 0 spiro atoms. The van der Waals surface area contributed by atoms with Gasteiger partial charge in [0, 0.05) is 39.8 Å². The first-order valence-electron chi connectivity index (χ1n) is 10.6. The van der Waals surface area contributed by atoms with Gasteiger partial charge in [-0.25, -0.2) is 0 Å². The highest BCUT2D eigenvalue weighted by atomic mass is 127. The van der Waals surface area contributed by atoms with E-state index in [4.69, 9.17) is 4.74 Å². The fourth-order valence-corrected chi connectivity index (χ4v) is 2.98. The van der Waals surface area contributed by atoms with Crippen molar-refractivity contribution in [3.8, 4) is 0 Å². The monoisotopic (exact) mass is 552 g/mol. The lowest BCUT2D eigenvalue weighted by Gasteiger charge is -2.19. The number of halogens is 1.